The van der Waals surface area contributed by atoms with E-state index in [1.54, 1.807) is 6.07 Å². The van der Waals surface area contributed by atoms with Gasteiger partial charge < -0.3 is 10.1 Å². The lowest BCUT2D eigenvalue weighted by Gasteiger charge is -2.04. The Bertz CT molecular complexity index is 780. The summed E-state index contributed by atoms with van der Waals surface area (Å²) in [6, 6.07) is 12.0. The normalized spacial score (nSPS) is 19.4. The van der Waals surface area contributed by atoms with Gasteiger partial charge >= 0.3 is 0 Å². The van der Waals surface area contributed by atoms with Crippen LogP contribution in [-0.4, -0.2) is 5.91 Å². The average Bonchev–Trinajstić information content (AvgIpc) is 2.98. The van der Waals surface area contributed by atoms with Crippen LogP contribution in [0, 0.1) is 5.82 Å². The second-order valence-electron chi connectivity index (χ2n) is 4.79. The second kappa shape index (κ2) is 3.93. The summed E-state index contributed by atoms with van der Waals surface area (Å²) in [6.45, 7) is 0.457. The summed E-state index contributed by atoms with van der Waals surface area (Å²) < 4.78 is 18.9. The molecule has 0 atom stereocenters. The summed E-state index contributed by atoms with van der Waals surface area (Å²) in [5.41, 5.74) is 3.63. The summed E-state index contributed by atoms with van der Waals surface area (Å²) in [5, 5.41) is 2.68. The Morgan fingerprint density at radius 1 is 1.10 bits per heavy atom. The van der Waals surface area contributed by atoms with Crippen molar-refractivity contribution in [3.8, 4) is 0 Å². The number of hydrogen-bond acceptors (Lipinski definition) is 2. The van der Waals surface area contributed by atoms with Gasteiger partial charge in [-0.25, -0.2) is 4.39 Å². The predicted molar refractivity (Wildman–Crippen MR) is 73.1 cm³/mol. The minimum absolute atomic E-state index is 0.252. The first-order valence-electron chi connectivity index (χ1n) is 6.30. The van der Waals surface area contributed by atoms with Crippen molar-refractivity contribution in [3.05, 3.63) is 65.0 Å². The first kappa shape index (κ1) is 11.2. The molecule has 4 heteroatoms. The summed E-state index contributed by atoms with van der Waals surface area (Å²) in [6.07, 6.45) is 0. The number of benzene rings is 2. The van der Waals surface area contributed by atoms with Gasteiger partial charge in [-0.1, -0.05) is 24.3 Å². The summed E-state index contributed by atoms with van der Waals surface area (Å²) >= 11 is 0. The number of amides is 1. The number of fused-ring (bicyclic) bond motifs is 2. The average molecular weight is 267 g/mol. The van der Waals surface area contributed by atoms with Gasteiger partial charge in [0.1, 0.15) is 18.2 Å². The van der Waals surface area contributed by atoms with Gasteiger partial charge in [-0.2, -0.15) is 0 Å². The zero-order chi connectivity index (χ0) is 13.7. The van der Waals surface area contributed by atoms with E-state index < -0.39 is 0 Å². The molecule has 0 fully saturated rings. The Kier molecular flexibility index (Phi) is 2.21. The van der Waals surface area contributed by atoms with Crippen LogP contribution < -0.4 is 5.32 Å². The highest BCUT2D eigenvalue weighted by atomic mass is 19.1. The fourth-order valence-electron chi connectivity index (χ4n) is 2.67. The van der Waals surface area contributed by atoms with Crippen LogP contribution in [0.5, 0.6) is 0 Å². The number of carbonyl (C=O) groups is 1. The molecule has 0 aliphatic carbocycles. The predicted octanol–water partition coefficient (Wildman–Crippen LogP) is 3.18. The van der Waals surface area contributed by atoms with E-state index in [9.17, 15) is 9.18 Å². The Labute approximate surface area is 114 Å². The molecule has 98 valence electrons. The van der Waals surface area contributed by atoms with Gasteiger partial charge in [0.2, 0.25) is 0 Å². The van der Waals surface area contributed by atoms with E-state index in [1.807, 2.05) is 24.3 Å². The van der Waals surface area contributed by atoms with Gasteiger partial charge in [-0.15, -0.1) is 0 Å². The van der Waals surface area contributed by atoms with Gasteiger partial charge in [0.25, 0.3) is 5.91 Å². The van der Waals surface area contributed by atoms with Gasteiger partial charge in [0, 0.05) is 16.7 Å². The Morgan fingerprint density at radius 3 is 2.85 bits per heavy atom. The molecule has 2 aliphatic rings. The fourth-order valence-corrected chi connectivity index (χ4v) is 2.67. The highest BCUT2D eigenvalue weighted by Gasteiger charge is 2.32. The van der Waals surface area contributed by atoms with Crippen LogP contribution in [0.4, 0.5) is 10.1 Å². The van der Waals surface area contributed by atoms with Crippen molar-refractivity contribution in [1.29, 1.82) is 0 Å². The number of nitrogens with one attached hydrogen (secondary N) is 1. The van der Waals surface area contributed by atoms with Crippen molar-refractivity contribution in [2.24, 2.45) is 0 Å². The molecule has 20 heavy (non-hydrogen) atoms. The zero-order valence-corrected chi connectivity index (χ0v) is 10.4. The molecule has 0 bridgehead atoms. The van der Waals surface area contributed by atoms with Crippen LogP contribution in [0.2, 0.25) is 0 Å². The highest BCUT2D eigenvalue weighted by molar-refractivity contribution is 6.36. The van der Waals surface area contributed by atoms with E-state index in [0.29, 0.717) is 29.2 Å². The number of anilines is 1. The quantitative estimate of drug-likeness (QED) is 0.744. The molecule has 2 heterocycles. The number of hydrogen-bond donors (Lipinski definition) is 1. The molecule has 2 aromatic carbocycles. The Balaban J connectivity index is 1.97. The van der Waals surface area contributed by atoms with Crippen LogP contribution in [0.1, 0.15) is 16.7 Å². The van der Waals surface area contributed by atoms with Crippen LogP contribution in [0.25, 0.3) is 11.3 Å². The van der Waals surface area contributed by atoms with E-state index >= 15 is 0 Å². The van der Waals surface area contributed by atoms with Crippen LogP contribution >= 0.6 is 0 Å². The van der Waals surface area contributed by atoms with E-state index in [2.05, 4.69) is 5.32 Å². The zero-order valence-electron chi connectivity index (χ0n) is 10.4. The topological polar surface area (TPSA) is 38.3 Å². The van der Waals surface area contributed by atoms with Crippen molar-refractivity contribution >= 4 is 22.9 Å². The lowest BCUT2D eigenvalue weighted by Crippen LogP contribution is -2.05. The van der Waals surface area contributed by atoms with Gasteiger partial charge in [-0.05, 0) is 18.2 Å². The molecule has 0 saturated carbocycles. The minimum atomic E-state index is -0.372. The number of halogens is 1. The summed E-state index contributed by atoms with van der Waals surface area (Å²) in [7, 11) is 0. The first-order valence-corrected chi connectivity index (χ1v) is 6.30. The Hall–Kier alpha value is -2.62. The molecule has 0 aromatic heterocycles. The molecule has 0 saturated heterocycles. The summed E-state index contributed by atoms with van der Waals surface area (Å²) in [4.78, 5) is 12.2. The highest BCUT2D eigenvalue weighted by Crippen LogP contribution is 2.41. The van der Waals surface area contributed by atoms with E-state index in [4.69, 9.17) is 4.74 Å². The van der Waals surface area contributed by atoms with Crippen molar-refractivity contribution in [2.45, 2.75) is 6.61 Å². The molecule has 0 spiro atoms. The standard InChI is InChI=1S/C16H10FNO2/c17-10-5-6-12-13(7-10)18-16(19)14(12)15-11-4-2-1-3-9(11)8-20-15/h1-7H,8H2,(H,18,19)/b15-14+. The first-order chi connectivity index (χ1) is 9.74. The molecule has 1 N–H and O–H groups in total. The molecule has 3 nitrogen and oxygen atoms in total. The van der Waals surface area contributed by atoms with Crippen molar-refractivity contribution in [3.63, 3.8) is 0 Å². The third-order valence-corrected chi connectivity index (χ3v) is 3.59. The fraction of sp³-hybridized carbons (Fsp3) is 0.0625. The van der Waals surface area contributed by atoms with Crippen LogP contribution in [0.3, 0.4) is 0 Å². The minimum Gasteiger partial charge on any atom is -0.487 e. The molecular weight excluding hydrogens is 257 g/mol. The molecule has 2 aliphatic heterocycles. The lowest BCUT2D eigenvalue weighted by molar-refractivity contribution is -0.110. The molecule has 0 unspecified atom stereocenters. The third-order valence-electron chi connectivity index (χ3n) is 3.59. The molecule has 0 radical (unpaired) electrons. The molecule has 1 amide bonds. The molecule has 4 rings (SSSR count). The maximum absolute atomic E-state index is 13.2. The van der Waals surface area contributed by atoms with E-state index in [-0.39, 0.29) is 11.7 Å². The van der Waals surface area contributed by atoms with Crippen molar-refractivity contribution < 1.29 is 13.9 Å². The van der Waals surface area contributed by atoms with Crippen LogP contribution in [-0.2, 0) is 16.1 Å². The maximum atomic E-state index is 13.2. The second-order valence-corrected chi connectivity index (χ2v) is 4.79. The van der Waals surface area contributed by atoms with E-state index in [1.165, 1.54) is 12.1 Å². The Morgan fingerprint density at radius 2 is 1.95 bits per heavy atom. The number of rotatable bonds is 0. The summed E-state index contributed by atoms with van der Waals surface area (Å²) in [5.74, 6) is -0.0520. The van der Waals surface area contributed by atoms with Gasteiger partial charge in [0.15, 0.2) is 0 Å². The smallest absolute Gasteiger partial charge is 0.260 e. The lowest BCUT2D eigenvalue weighted by atomic mass is 10.0. The molecule has 2 aromatic rings. The van der Waals surface area contributed by atoms with Crippen molar-refractivity contribution in [1.82, 2.24) is 0 Å². The van der Waals surface area contributed by atoms with Crippen LogP contribution in [0.15, 0.2) is 42.5 Å². The number of ether oxygens (including phenoxy) is 1. The SMILES string of the molecule is O=C1Nc2cc(F)ccc2/C1=C1\OCc2ccccc21. The largest absolute Gasteiger partial charge is 0.487 e. The van der Waals surface area contributed by atoms with Crippen molar-refractivity contribution in [2.75, 3.05) is 5.32 Å². The monoisotopic (exact) mass is 267 g/mol. The van der Waals surface area contributed by atoms with E-state index in [0.717, 1.165) is 11.1 Å². The van der Waals surface area contributed by atoms with Gasteiger partial charge in [0.05, 0.1) is 11.3 Å². The number of carbonyl (C=O) groups excluding carboxylic acids is 1. The third kappa shape index (κ3) is 1.48. The maximum Gasteiger partial charge on any atom is 0.260 e. The molecular formula is C16H10FNO2. The van der Waals surface area contributed by atoms with Gasteiger partial charge in [-0.3, -0.25) is 4.79 Å².